The summed E-state index contributed by atoms with van der Waals surface area (Å²) >= 11 is 0. The second kappa shape index (κ2) is 8.03. The molecule has 8 heteroatoms. The highest BCUT2D eigenvalue weighted by Gasteiger charge is 2.36. The summed E-state index contributed by atoms with van der Waals surface area (Å²) in [5.41, 5.74) is 4.21. The summed E-state index contributed by atoms with van der Waals surface area (Å²) in [5.74, 6) is 1.36. The van der Waals surface area contributed by atoms with Gasteiger partial charge in [-0.15, -0.1) is 0 Å². The van der Waals surface area contributed by atoms with Crippen LogP contribution in [0.2, 0.25) is 0 Å². The van der Waals surface area contributed by atoms with E-state index in [1.165, 1.54) is 0 Å². The van der Waals surface area contributed by atoms with Crippen LogP contribution in [-0.2, 0) is 11.3 Å². The minimum atomic E-state index is -0.229. The van der Waals surface area contributed by atoms with E-state index >= 15 is 0 Å². The van der Waals surface area contributed by atoms with Gasteiger partial charge < -0.3 is 9.88 Å². The van der Waals surface area contributed by atoms with Crippen LogP contribution >= 0.6 is 0 Å². The van der Waals surface area contributed by atoms with Crippen LogP contribution < -0.4 is 5.69 Å². The van der Waals surface area contributed by atoms with Crippen molar-refractivity contribution in [2.45, 2.75) is 25.8 Å². The van der Waals surface area contributed by atoms with Crippen molar-refractivity contribution in [3.8, 4) is 28.6 Å². The van der Waals surface area contributed by atoms with Crippen molar-refractivity contribution in [2.24, 2.45) is 11.8 Å². The average molecular weight is 453 g/mol. The molecule has 170 valence electrons. The van der Waals surface area contributed by atoms with Crippen molar-refractivity contribution in [2.75, 3.05) is 13.1 Å². The molecule has 3 heterocycles. The van der Waals surface area contributed by atoms with Gasteiger partial charge in [0.2, 0.25) is 5.91 Å². The zero-order valence-corrected chi connectivity index (χ0v) is 18.6. The van der Waals surface area contributed by atoms with Crippen molar-refractivity contribution in [1.82, 2.24) is 24.6 Å². The van der Waals surface area contributed by atoms with Crippen LogP contribution in [-0.4, -0.2) is 43.6 Å². The van der Waals surface area contributed by atoms with Crippen LogP contribution in [0.1, 0.15) is 24.8 Å². The van der Waals surface area contributed by atoms with Crippen LogP contribution in [0.5, 0.6) is 0 Å². The Morgan fingerprint density at radius 1 is 1.09 bits per heavy atom. The summed E-state index contributed by atoms with van der Waals surface area (Å²) in [7, 11) is 0. The number of nitriles is 1. The maximum atomic E-state index is 12.5. The number of fused-ring (bicyclic) bond motifs is 1. The smallest absolute Gasteiger partial charge is 0.343 e. The largest absolute Gasteiger partial charge is 0.360 e. The molecule has 1 amide bonds. The van der Waals surface area contributed by atoms with Crippen molar-refractivity contribution in [3.05, 3.63) is 64.7 Å². The summed E-state index contributed by atoms with van der Waals surface area (Å²) in [6.07, 6.45) is 4.65. The fraction of sp³-hybridized carbons (Fsp3) is 0.308. The predicted molar refractivity (Wildman–Crippen MR) is 128 cm³/mol. The van der Waals surface area contributed by atoms with E-state index in [-0.39, 0.29) is 23.4 Å². The van der Waals surface area contributed by atoms with Crippen molar-refractivity contribution in [3.63, 3.8) is 0 Å². The lowest BCUT2D eigenvalue weighted by Crippen LogP contribution is -2.31. The van der Waals surface area contributed by atoms with Crippen molar-refractivity contribution >= 4 is 16.8 Å². The van der Waals surface area contributed by atoms with Gasteiger partial charge in [-0.2, -0.15) is 10.4 Å². The Morgan fingerprint density at radius 2 is 1.85 bits per heavy atom. The van der Waals surface area contributed by atoms with Gasteiger partial charge in [-0.05, 0) is 48.4 Å². The van der Waals surface area contributed by atoms with E-state index in [4.69, 9.17) is 0 Å². The molecular formula is C26H24N6O2. The Labute approximate surface area is 195 Å². The quantitative estimate of drug-likeness (QED) is 0.483. The molecule has 2 aromatic carbocycles. The second-order valence-corrected chi connectivity index (χ2v) is 9.33. The summed E-state index contributed by atoms with van der Waals surface area (Å²) in [6.45, 7) is 2.02. The number of amides is 1. The van der Waals surface area contributed by atoms with Gasteiger partial charge in [-0.1, -0.05) is 30.3 Å². The predicted octanol–water partition coefficient (Wildman–Crippen LogP) is 3.52. The number of benzene rings is 2. The maximum absolute atomic E-state index is 12.5. The van der Waals surface area contributed by atoms with Crippen LogP contribution in [0.4, 0.5) is 0 Å². The van der Waals surface area contributed by atoms with Gasteiger partial charge in [0.25, 0.3) is 0 Å². The molecular weight excluding hydrogens is 428 g/mol. The third kappa shape index (κ3) is 3.59. The number of carbonyl (C=O) groups excluding carboxylic acids is 1. The number of nitrogens with one attached hydrogen (secondary N) is 2. The third-order valence-corrected chi connectivity index (χ3v) is 7.00. The molecule has 0 unspecified atom stereocenters. The van der Waals surface area contributed by atoms with Gasteiger partial charge in [0.1, 0.15) is 6.07 Å². The van der Waals surface area contributed by atoms with Gasteiger partial charge in [0.15, 0.2) is 5.82 Å². The normalized spacial score (nSPS) is 17.9. The van der Waals surface area contributed by atoms with E-state index in [1.54, 1.807) is 10.8 Å². The molecule has 2 aromatic heterocycles. The van der Waals surface area contributed by atoms with Crippen LogP contribution in [0.15, 0.2) is 53.5 Å². The summed E-state index contributed by atoms with van der Waals surface area (Å²) in [6, 6.07) is 16.2. The number of H-pyrrole nitrogens is 2. The summed E-state index contributed by atoms with van der Waals surface area (Å²) < 4.78 is 1.69. The first-order chi connectivity index (χ1) is 16.6. The highest BCUT2D eigenvalue weighted by molar-refractivity contribution is 5.90. The highest BCUT2D eigenvalue weighted by Crippen LogP contribution is 2.33. The van der Waals surface area contributed by atoms with E-state index in [9.17, 15) is 14.9 Å². The van der Waals surface area contributed by atoms with E-state index in [0.29, 0.717) is 24.5 Å². The van der Waals surface area contributed by atoms with Crippen LogP contribution in [0.3, 0.4) is 0 Å². The average Bonchev–Trinajstić information content (AvgIpc) is 3.30. The Morgan fingerprint density at radius 3 is 2.62 bits per heavy atom. The molecule has 0 bridgehead atoms. The molecule has 2 N–H and O–H groups in total. The molecule has 2 aliphatic rings. The number of aromatic nitrogens is 4. The Bertz CT molecular complexity index is 1480. The monoisotopic (exact) mass is 452 g/mol. The van der Waals surface area contributed by atoms with E-state index < -0.39 is 0 Å². The maximum Gasteiger partial charge on any atom is 0.343 e. The van der Waals surface area contributed by atoms with Gasteiger partial charge in [-0.3, -0.25) is 9.36 Å². The molecule has 1 aliphatic heterocycles. The molecule has 1 atom stereocenters. The number of aromatic amines is 2. The Hall–Kier alpha value is -4.12. The number of carbonyl (C=O) groups is 1. The minimum Gasteiger partial charge on any atom is -0.360 e. The molecule has 4 aromatic rings. The number of hydrogen-bond acceptors (Lipinski definition) is 4. The number of likely N-dealkylation sites (tertiary alicyclic amines) is 1. The zero-order valence-electron chi connectivity index (χ0n) is 18.6. The Kier molecular flexibility index (Phi) is 4.84. The van der Waals surface area contributed by atoms with Gasteiger partial charge in [-0.25, -0.2) is 9.89 Å². The molecule has 1 saturated heterocycles. The number of nitrogens with zero attached hydrogens (tertiary/aromatic N) is 4. The highest BCUT2D eigenvalue weighted by atomic mass is 16.2. The van der Waals surface area contributed by atoms with E-state index in [0.717, 1.165) is 53.4 Å². The van der Waals surface area contributed by atoms with Crippen molar-refractivity contribution in [1.29, 1.82) is 5.26 Å². The molecule has 0 radical (unpaired) electrons. The molecule has 8 nitrogen and oxygen atoms in total. The van der Waals surface area contributed by atoms with E-state index in [2.05, 4.69) is 21.3 Å². The lowest BCUT2D eigenvalue weighted by Gasteiger charge is -2.16. The lowest BCUT2D eigenvalue weighted by molar-refractivity contribution is -0.131. The van der Waals surface area contributed by atoms with Crippen LogP contribution in [0.25, 0.3) is 33.4 Å². The van der Waals surface area contributed by atoms with Crippen molar-refractivity contribution < 1.29 is 4.79 Å². The topological polar surface area (TPSA) is 111 Å². The second-order valence-electron chi connectivity index (χ2n) is 9.33. The van der Waals surface area contributed by atoms with Crippen LogP contribution in [0, 0.1) is 23.2 Å². The Balaban J connectivity index is 1.23. The molecule has 2 fully saturated rings. The molecule has 0 spiro atoms. The summed E-state index contributed by atoms with van der Waals surface area (Å²) in [5, 5.41) is 17.1. The fourth-order valence-corrected chi connectivity index (χ4v) is 4.94. The molecule has 1 saturated carbocycles. The van der Waals surface area contributed by atoms with E-state index in [1.807, 2.05) is 47.4 Å². The number of hydrogen-bond donors (Lipinski definition) is 2. The standard InChI is InChI=1S/C26H24N6O2/c27-12-21-13-28-23-8-7-20(11-22(21)23)17-1-3-18(4-2-17)24-29-30-26(34)32(24)15-16-9-10-31(14-16)25(33)19-5-6-19/h1-4,7-8,11,13,16,19,28H,5-6,9-10,14-15H2,(H,30,34)/t16-/m1/s1. The van der Waals surface area contributed by atoms with Gasteiger partial charge in [0.05, 0.1) is 5.56 Å². The molecule has 6 rings (SSSR count). The zero-order chi connectivity index (χ0) is 23.2. The third-order valence-electron chi connectivity index (χ3n) is 7.00. The number of rotatable bonds is 5. The fourth-order valence-electron chi connectivity index (χ4n) is 4.94. The summed E-state index contributed by atoms with van der Waals surface area (Å²) in [4.78, 5) is 30.0. The molecule has 34 heavy (non-hydrogen) atoms. The lowest BCUT2D eigenvalue weighted by atomic mass is 10.0. The first-order valence-corrected chi connectivity index (χ1v) is 11.7. The van der Waals surface area contributed by atoms with Gasteiger partial charge in [0, 0.05) is 48.2 Å². The molecule has 1 aliphatic carbocycles. The van der Waals surface area contributed by atoms with Gasteiger partial charge >= 0.3 is 5.69 Å². The SMILES string of the molecule is N#Cc1c[nH]c2ccc(-c3ccc(-c4n[nH]c(=O)n4C[C@@H]4CCN(C(=O)C5CC5)C4)cc3)cc12. The first-order valence-electron chi connectivity index (χ1n) is 11.7. The minimum absolute atomic E-state index is 0.229. The first kappa shape index (κ1) is 20.5.